The molecule has 8 heteroatoms. The highest BCUT2D eigenvalue weighted by Crippen LogP contribution is 2.29. The Balaban J connectivity index is 0.00000243. The second kappa shape index (κ2) is 8.59. The van der Waals surface area contributed by atoms with E-state index in [0.29, 0.717) is 32.5 Å². The van der Waals surface area contributed by atoms with E-state index >= 15 is 0 Å². The highest BCUT2D eigenvalue weighted by molar-refractivity contribution is 5.85. The summed E-state index contributed by atoms with van der Waals surface area (Å²) in [7, 11) is 0. The van der Waals surface area contributed by atoms with Crippen LogP contribution in [-0.4, -0.2) is 60.6 Å². The Labute approximate surface area is 157 Å². The van der Waals surface area contributed by atoms with E-state index in [9.17, 15) is 18.0 Å². The Kier molecular flexibility index (Phi) is 6.93. The number of alkyl halides is 3. The Morgan fingerprint density at radius 3 is 2.50 bits per heavy atom. The second-order valence-corrected chi connectivity index (χ2v) is 7.11. The minimum absolute atomic E-state index is 0. The van der Waals surface area contributed by atoms with E-state index in [1.165, 1.54) is 4.90 Å². The van der Waals surface area contributed by atoms with Gasteiger partial charge >= 0.3 is 6.18 Å². The van der Waals surface area contributed by atoms with Crippen molar-refractivity contribution in [2.45, 2.75) is 31.0 Å². The summed E-state index contributed by atoms with van der Waals surface area (Å²) in [6.07, 6.45) is -2.96. The number of nitrogens with two attached hydrogens (primary N) is 1. The summed E-state index contributed by atoms with van der Waals surface area (Å²) in [5.41, 5.74) is 7.33. The van der Waals surface area contributed by atoms with Crippen LogP contribution in [0.25, 0.3) is 0 Å². The first kappa shape index (κ1) is 21.0. The molecule has 26 heavy (non-hydrogen) atoms. The molecule has 0 aliphatic carbocycles. The number of nitrogens with zero attached hydrogens (tertiary/aromatic N) is 2. The van der Waals surface area contributed by atoms with Crippen molar-refractivity contribution in [2.24, 2.45) is 11.7 Å². The molecular formula is C18H25ClF3N3O. The molecule has 2 saturated heterocycles. The molecule has 0 saturated carbocycles. The smallest absolute Gasteiger partial charge is 0.340 e. The van der Waals surface area contributed by atoms with Gasteiger partial charge in [0.1, 0.15) is 0 Å². The molecular weight excluding hydrogens is 367 g/mol. The van der Waals surface area contributed by atoms with Gasteiger partial charge in [-0.15, -0.1) is 12.4 Å². The Hall–Kier alpha value is -1.31. The van der Waals surface area contributed by atoms with Crippen molar-refractivity contribution in [1.29, 1.82) is 0 Å². The lowest BCUT2D eigenvalue weighted by atomic mass is 9.95. The molecule has 2 N–H and O–H groups in total. The van der Waals surface area contributed by atoms with Crippen molar-refractivity contribution in [2.75, 3.05) is 32.7 Å². The molecule has 0 bridgehead atoms. The number of hydrogen-bond donors (Lipinski definition) is 1. The number of carbonyl (C=O) groups excluding carboxylic acids is 1. The number of rotatable bonds is 3. The van der Waals surface area contributed by atoms with Gasteiger partial charge in [0, 0.05) is 31.6 Å². The van der Waals surface area contributed by atoms with Gasteiger partial charge in [0.2, 0.25) is 5.91 Å². The molecule has 1 amide bonds. The molecule has 3 atom stereocenters. The number of piperidine rings is 1. The highest BCUT2D eigenvalue weighted by atomic mass is 35.5. The monoisotopic (exact) mass is 391 g/mol. The van der Waals surface area contributed by atoms with Gasteiger partial charge in [-0.25, -0.2) is 0 Å². The van der Waals surface area contributed by atoms with Crippen LogP contribution in [0.1, 0.15) is 24.3 Å². The first-order chi connectivity index (χ1) is 11.8. The predicted molar refractivity (Wildman–Crippen MR) is 96.2 cm³/mol. The van der Waals surface area contributed by atoms with Crippen LogP contribution in [0.5, 0.6) is 0 Å². The first-order valence-corrected chi connectivity index (χ1v) is 8.72. The molecule has 2 heterocycles. The number of likely N-dealkylation sites (tertiary alicyclic amines) is 2. The largest absolute Gasteiger partial charge is 0.401 e. The summed E-state index contributed by atoms with van der Waals surface area (Å²) >= 11 is 0. The minimum Gasteiger partial charge on any atom is -0.340 e. The lowest BCUT2D eigenvalue weighted by molar-refractivity contribution is -0.154. The second-order valence-electron chi connectivity index (χ2n) is 7.11. The fourth-order valence-electron chi connectivity index (χ4n) is 3.97. The first-order valence-electron chi connectivity index (χ1n) is 8.72. The van der Waals surface area contributed by atoms with E-state index in [1.807, 2.05) is 30.3 Å². The van der Waals surface area contributed by atoms with Gasteiger partial charge in [-0.3, -0.25) is 9.69 Å². The van der Waals surface area contributed by atoms with Crippen molar-refractivity contribution >= 4 is 18.3 Å². The van der Waals surface area contributed by atoms with Crippen LogP contribution >= 0.6 is 12.4 Å². The van der Waals surface area contributed by atoms with Gasteiger partial charge in [0.05, 0.1) is 12.5 Å². The molecule has 1 aromatic carbocycles. The normalized spacial score (nSPS) is 27.2. The highest BCUT2D eigenvalue weighted by Gasteiger charge is 2.39. The number of carbonyl (C=O) groups is 1. The van der Waals surface area contributed by atoms with Crippen LogP contribution < -0.4 is 5.73 Å². The molecule has 2 aliphatic heterocycles. The van der Waals surface area contributed by atoms with Crippen LogP contribution in [0, 0.1) is 5.92 Å². The zero-order chi connectivity index (χ0) is 18.0. The van der Waals surface area contributed by atoms with Crippen LogP contribution in [0.15, 0.2) is 30.3 Å². The van der Waals surface area contributed by atoms with E-state index in [0.717, 1.165) is 5.56 Å². The van der Waals surface area contributed by atoms with E-state index in [-0.39, 0.29) is 42.7 Å². The molecule has 2 aliphatic rings. The van der Waals surface area contributed by atoms with Crippen LogP contribution in [0.3, 0.4) is 0 Å². The maximum Gasteiger partial charge on any atom is 0.401 e. The molecule has 146 valence electrons. The van der Waals surface area contributed by atoms with Crippen molar-refractivity contribution in [3.8, 4) is 0 Å². The third kappa shape index (κ3) is 5.11. The van der Waals surface area contributed by atoms with Crippen LogP contribution in [0.2, 0.25) is 0 Å². The fraction of sp³-hybridized carbons (Fsp3) is 0.611. The Morgan fingerprint density at radius 2 is 1.85 bits per heavy atom. The molecule has 0 aromatic heterocycles. The summed E-state index contributed by atoms with van der Waals surface area (Å²) in [4.78, 5) is 15.9. The van der Waals surface area contributed by atoms with Crippen LogP contribution in [-0.2, 0) is 4.79 Å². The number of halogens is 4. The molecule has 0 spiro atoms. The van der Waals surface area contributed by atoms with Crippen molar-refractivity contribution in [1.82, 2.24) is 9.80 Å². The molecule has 1 unspecified atom stereocenters. The van der Waals surface area contributed by atoms with E-state index in [1.54, 1.807) is 4.90 Å². The third-order valence-electron chi connectivity index (χ3n) is 5.16. The zero-order valence-corrected chi connectivity index (χ0v) is 15.3. The molecule has 4 nitrogen and oxygen atoms in total. The summed E-state index contributed by atoms with van der Waals surface area (Å²) in [5.74, 6) is -0.335. The Morgan fingerprint density at radius 1 is 1.15 bits per heavy atom. The van der Waals surface area contributed by atoms with Crippen molar-refractivity contribution in [3.05, 3.63) is 35.9 Å². The summed E-state index contributed by atoms with van der Waals surface area (Å²) < 4.78 is 37.8. The van der Waals surface area contributed by atoms with E-state index in [4.69, 9.17) is 5.73 Å². The summed E-state index contributed by atoms with van der Waals surface area (Å²) in [6.45, 7) is 0.645. The van der Waals surface area contributed by atoms with Gasteiger partial charge < -0.3 is 10.6 Å². The van der Waals surface area contributed by atoms with Gasteiger partial charge in [-0.2, -0.15) is 13.2 Å². The van der Waals surface area contributed by atoms with Crippen molar-refractivity contribution < 1.29 is 18.0 Å². The minimum atomic E-state index is -4.22. The number of benzene rings is 1. The van der Waals surface area contributed by atoms with Gasteiger partial charge in [-0.05, 0) is 24.9 Å². The fourth-order valence-corrected chi connectivity index (χ4v) is 3.97. The third-order valence-corrected chi connectivity index (χ3v) is 5.16. The molecule has 1 aromatic rings. The zero-order valence-electron chi connectivity index (χ0n) is 14.5. The van der Waals surface area contributed by atoms with E-state index in [2.05, 4.69) is 0 Å². The molecule has 3 rings (SSSR count). The maximum absolute atomic E-state index is 12.8. The standard InChI is InChI=1S/C18H24F3N3O.ClH/c19-18(20,21)12-23-8-4-7-14(9-23)17(25)24-10-15(16(22)11-24)13-5-2-1-3-6-13;/h1-3,5-6,14-16H,4,7-12,22H2;1H/t14?,15-,16+;/m0./s1. The lowest BCUT2D eigenvalue weighted by Gasteiger charge is -2.34. The van der Waals surface area contributed by atoms with Crippen LogP contribution in [0.4, 0.5) is 13.2 Å². The summed E-state index contributed by atoms with van der Waals surface area (Å²) in [5, 5.41) is 0. The predicted octanol–water partition coefficient (Wildman–Crippen LogP) is 2.64. The molecule has 0 radical (unpaired) electrons. The average molecular weight is 392 g/mol. The van der Waals surface area contributed by atoms with Gasteiger partial charge in [-0.1, -0.05) is 30.3 Å². The van der Waals surface area contributed by atoms with Gasteiger partial charge in [0.25, 0.3) is 0 Å². The lowest BCUT2D eigenvalue weighted by Crippen LogP contribution is -2.47. The van der Waals surface area contributed by atoms with E-state index < -0.39 is 12.7 Å². The maximum atomic E-state index is 12.8. The number of amides is 1. The topological polar surface area (TPSA) is 49.6 Å². The molecule has 2 fully saturated rings. The number of hydrogen-bond acceptors (Lipinski definition) is 3. The quantitative estimate of drug-likeness (QED) is 0.861. The summed E-state index contributed by atoms with van der Waals surface area (Å²) in [6, 6.07) is 9.70. The average Bonchev–Trinajstić information content (AvgIpc) is 2.95. The SMILES string of the molecule is Cl.N[C@@H]1CN(C(=O)C2CCCN(CC(F)(F)F)C2)C[C@H]1c1ccccc1. The van der Waals surface area contributed by atoms with Crippen molar-refractivity contribution in [3.63, 3.8) is 0 Å². The Bertz CT molecular complexity index is 599. The van der Waals surface area contributed by atoms with Gasteiger partial charge in [0.15, 0.2) is 0 Å².